The van der Waals surface area contributed by atoms with Crippen LogP contribution in [0.3, 0.4) is 0 Å². The van der Waals surface area contributed by atoms with Crippen molar-refractivity contribution in [2.45, 2.75) is 25.7 Å². The summed E-state index contributed by atoms with van der Waals surface area (Å²) in [7, 11) is 0.647. The molecule has 1 N–H and O–H groups in total. The molecule has 1 heterocycles. The average Bonchev–Trinajstić information content (AvgIpc) is 3.10. The number of aryl methyl sites for hydroxylation is 1. The summed E-state index contributed by atoms with van der Waals surface area (Å²) < 4.78 is 42.7. The molecule has 8 nitrogen and oxygen atoms in total. The van der Waals surface area contributed by atoms with E-state index in [9.17, 15) is 18.0 Å². The zero-order chi connectivity index (χ0) is 21.4. The highest BCUT2D eigenvalue weighted by atomic mass is 79.9. The lowest BCUT2D eigenvalue weighted by Crippen LogP contribution is -2.19. The van der Waals surface area contributed by atoms with Crippen molar-refractivity contribution in [1.29, 1.82) is 0 Å². The minimum absolute atomic E-state index is 0.0310. The Labute approximate surface area is 177 Å². The van der Waals surface area contributed by atoms with E-state index in [4.69, 9.17) is 4.63 Å². The second-order valence-electron chi connectivity index (χ2n) is 6.94. The van der Waals surface area contributed by atoms with Crippen LogP contribution in [0.2, 0.25) is 0 Å². The zero-order valence-corrected chi connectivity index (χ0v) is 18.7. The van der Waals surface area contributed by atoms with Crippen LogP contribution in [-0.4, -0.2) is 66.7 Å². The number of hydrogen-bond donors (Lipinski definition) is 1. The van der Waals surface area contributed by atoms with Gasteiger partial charge in [0, 0.05) is 6.42 Å². The van der Waals surface area contributed by atoms with Gasteiger partial charge in [-0.3, -0.25) is 0 Å². The molecule has 0 amide bonds. The number of benzene rings is 1. The van der Waals surface area contributed by atoms with Crippen LogP contribution >= 0.6 is 15.9 Å². The Bertz CT molecular complexity index is 947. The Morgan fingerprint density at radius 3 is 2.66 bits per heavy atom. The van der Waals surface area contributed by atoms with E-state index in [0.717, 1.165) is 0 Å². The molecule has 0 aliphatic carbocycles. The van der Waals surface area contributed by atoms with Crippen LogP contribution in [0.15, 0.2) is 32.5 Å². The van der Waals surface area contributed by atoms with Crippen LogP contribution in [0.5, 0.6) is 0 Å². The van der Waals surface area contributed by atoms with Gasteiger partial charge in [0.05, 0.1) is 16.0 Å². The first-order valence-corrected chi connectivity index (χ1v) is 11.6. The molecule has 0 radical (unpaired) electrons. The predicted molar refractivity (Wildman–Crippen MR) is 111 cm³/mol. The third-order valence-electron chi connectivity index (χ3n) is 4.24. The molecule has 2 aromatic rings. The quantitative estimate of drug-likeness (QED) is 0.293. The minimum Gasteiger partial charge on any atom is -0.411 e. The molecule has 29 heavy (non-hydrogen) atoms. The molecule has 0 spiro atoms. The zero-order valence-electron chi connectivity index (χ0n) is 16.3. The van der Waals surface area contributed by atoms with Crippen molar-refractivity contribution in [3.05, 3.63) is 45.4 Å². The van der Waals surface area contributed by atoms with Gasteiger partial charge in [-0.1, -0.05) is 16.4 Å². The van der Waals surface area contributed by atoms with Gasteiger partial charge in [-0.15, -0.1) is 0 Å². The van der Waals surface area contributed by atoms with E-state index >= 15 is 0 Å². The number of sulfone groups is 1. The first-order chi connectivity index (χ1) is 13.7. The van der Waals surface area contributed by atoms with E-state index in [2.05, 4.69) is 31.4 Å². The van der Waals surface area contributed by atoms with E-state index in [0.29, 0.717) is 41.5 Å². The van der Waals surface area contributed by atoms with Gasteiger partial charge in [-0.2, -0.15) is 0 Å². The maximum absolute atomic E-state index is 13.4. The number of nitrogens with zero attached hydrogens (tertiary/aromatic N) is 4. The molecule has 2 rings (SSSR count). The summed E-state index contributed by atoms with van der Waals surface area (Å²) in [5, 5.41) is 20.3. The van der Waals surface area contributed by atoms with Crippen LogP contribution in [-0.2, 0) is 22.7 Å². The highest BCUT2D eigenvalue weighted by molar-refractivity contribution is 9.10. The summed E-state index contributed by atoms with van der Waals surface area (Å²) in [6, 6.07) is 4.45. The third kappa shape index (κ3) is 7.48. The Balaban J connectivity index is 1.97. The highest BCUT2D eigenvalue weighted by Gasteiger charge is 2.19. The average molecular weight is 491 g/mol. The molecule has 0 bridgehead atoms. The first kappa shape index (κ1) is 23.4. The lowest BCUT2D eigenvalue weighted by molar-refractivity contribution is 0.300. The van der Waals surface area contributed by atoms with Crippen LogP contribution < -0.4 is 0 Å². The molecule has 0 saturated carbocycles. The molecule has 0 atom stereocenters. The van der Waals surface area contributed by atoms with Gasteiger partial charge in [0.15, 0.2) is 5.69 Å². The first-order valence-electron chi connectivity index (χ1n) is 9.03. The van der Waals surface area contributed by atoms with Crippen molar-refractivity contribution in [3.63, 3.8) is 0 Å². The summed E-state index contributed by atoms with van der Waals surface area (Å²) >= 11 is 3.12. The lowest BCUT2D eigenvalue weighted by atomic mass is 10.0. The standard InChI is InChI=1S/C18H24BrFN4O4S/c1-24(2)8-4-10-29(26,27)9-3-5-16-18(23-28-22-16)17(21-25)12-13-6-7-15(20)14(19)11-13/h6-7,11,25H,3-5,8-10,12H2,1-2H3/b21-17+. The number of oxime groups is 1. The molecule has 0 saturated heterocycles. The third-order valence-corrected chi connectivity index (χ3v) is 6.66. The van der Waals surface area contributed by atoms with Crippen LogP contribution in [0, 0.1) is 5.82 Å². The fourth-order valence-electron chi connectivity index (χ4n) is 2.76. The van der Waals surface area contributed by atoms with E-state index in [-0.39, 0.29) is 29.3 Å². The monoisotopic (exact) mass is 490 g/mol. The van der Waals surface area contributed by atoms with Crippen molar-refractivity contribution >= 4 is 31.5 Å². The van der Waals surface area contributed by atoms with Crippen LogP contribution in [0.25, 0.3) is 0 Å². The smallest absolute Gasteiger partial charge is 0.156 e. The van der Waals surface area contributed by atoms with E-state index in [1.807, 2.05) is 19.0 Å². The Morgan fingerprint density at radius 1 is 1.28 bits per heavy atom. The molecular formula is C18H24BrFN4O4S. The van der Waals surface area contributed by atoms with Crippen molar-refractivity contribution in [2.75, 3.05) is 32.1 Å². The molecule has 160 valence electrons. The normalized spacial score (nSPS) is 12.7. The van der Waals surface area contributed by atoms with Crippen molar-refractivity contribution < 1.29 is 22.6 Å². The van der Waals surface area contributed by atoms with Gasteiger partial charge < -0.3 is 10.1 Å². The molecule has 1 aromatic carbocycles. The van der Waals surface area contributed by atoms with Gasteiger partial charge in [0.2, 0.25) is 0 Å². The van der Waals surface area contributed by atoms with Crippen LogP contribution in [0.1, 0.15) is 29.8 Å². The van der Waals surface area contributed by atoms with Crippen molar-refractivity contribution in [3.8, 4) is 0 Å². The van der Waals surface area contributed by atoms with Crippen molar-refractivity contribution in [2.24, 2.45) is 5.16 Å². The molecule has 0 fully saturated rings. The second-order valence-corrected chi connectivity index (χ2v) is 10.1. The van der Waals surface area contributed by atoms with Crippen molar-refractivity contribution in [1.82, 2.24) is 15.2 Å². The Morgan fingerprint density at radius 2 is 2.00 bits per heavy atom. The topological polar surface area (TPSA) is 109 Å². The number of halogens is 2. The van der Waals surface area contributed by atoms with Gasteiger partial charge in [-0.05, 0) is 78.7 Å². The Kier molecular flexibility index (Phi) is 8.72. The fourth-order valence-corrected chi connectivity index (χ4v) is 4.54. The van der Waals surface area contributed by atoms with Gasteiger partial charge in [0.25, 0.3) is 0 Å². The van der Waals surface area contributed by atoms with E-state index in [1.165, 1.54) is 6.07 Å². The van der Waals surface area contributed by atoms with Gasteiger partial charge in [-0.25, -0.2) is 17.4 Å². The lowest BCUT2D eigenvalue weighted by Gasteiger charge is -2.09. The molecule has 0 aliphatic heterocycles. The molecule has 0 unspecified atom stereocenters. The molecule has 11 heteroatoms. The summed E-state index contributed by atoms with van der Waals surface area (Å²) in [5.74, 6) is -0.229. The summed E-state index contributed by atoms with van der Waals surface area (Å²) in [4.78, 5) is 1.94. The molecule has 1 aromatic heterocycles. The van der Waals surface area contributed by atoms with Gasteiger partial charge >= 0.3 is 0 Å². The highest BCUT2D eigenvalue weighted by Crippen LogP contribution is 2.19. The minimum atomic E-state index is -3.15. The number of hydrogen-bond acceptors (Lipinski definition) is 8. The SMILES string of the molecule is CN(C)CCCS(=O)(=O)CCCc1nonc1/C(Cc1ccc(F)c(Br)c1)=N/O. The number of rotatable bonds is 11. The van der Waals surface area contributed by atoms with E-state index < -0.39 is 15.7 Å². The summed E-state index contributed by atoms with van der Waals surface area (Å²) in [6.45, 7) is 0.715. The predicted octanol–water partition coefficient (Wildman–Crippen LogP) is 2.69. The second kappa shape index (κ2) is 10.8. The van der Waals surface area contributed by atoms with E-state index in [1.54, 1.807) is 12.1 Å². The molecular weight excluding hydrogens is 467 g/mol. The van der Waals surface area contributed by atoms with Gasteiger partial charge in [0.1, 0.15) is 27.1 Å². The Hall–Kier alpha value is -1.85. The summed E-state index contributed by atoms with van der Waals surface area (Å²) in [6.07, 6.45) is 1.43. The summed E-state index contributed by atoms with van der Waals surface area (Å²) in [5.41, 5.74) is 1.58. The fraction of sp³-hybridized carbons (Fsp3) is 0.500. The maximum Gasteiger partial charge on any atom is 0.156 e. The number of aromatic nitrogens is 2. The molecule has 0 aliphatic rings. The van der Waals surface area contributed by atoms with Crippen LogP contribution in [0.4, 0.5) is 4.39 Å². The maximum atomic E-state index is 13.4. The largest absolute Gasteiger partial charge is 0.411 e.